The number of thioether (sulfide) groups is 1. The molecule has 0 saturated carbocycles. The van der Waals surface area contributed by atoms with Crippen LogP contribution in [0.1, 0.15) is 17.0 Å². The number of nitro benzene ring substituents is 1. The lowest BCUT2D eigenvalue weighted by Gasteiger charge is -2.31. The van der Waals surface area contributed by atoms with Gasteiger partial charge >= 0.3 is 5.97 Å². The molecule has 10 nitrogen and oxygen atoms in total. The van der Waals surface area contributed by atoms with Gasteiger partial charge in [0.1, 0.15) is 5.92 Å². The number of allylic oxidation sites excluding steroid dienone is 1. The fraction of sp³-hybridized carbons (Fsp3) is 0.217. The molecule has 180 valence electrons. The van der Waals surface area contributed by atoms with Gasteiger partial charge in [0.05, 0.1) is 40.1 Å². The fourth-order valence-corrected chi connectivity index (χ4v) is 4.81. The Morgan fingerprint density at radius 2 is 1.97 bits per heavy atom. The monoisotopic (exact) mass is 558 g/mol. The lowest BCUT2D eigenvalue weighted by atomic mass is 9.78. The molecule has 2 atom stereocenters. The second-order valence-electron chi connectivity index (χ2n) is 7.49. The van der Waals surface area contributed by atoms with Gasteiger partial charge in [0.2, 0.25) is 11.8 Å². The summed E-state index contributed by atoms with van der Waals surface area (Å²) in [6.07, 6.45) is 0. The lowest BCUT2D eigenvalue weighted by molar-refractivity contribution is -0.384. The summed E-state index contributed by atoms with van der Waals surface area (Å²) >= 11 is 4.12. The molecule has 2 N–H and O–H groups in total. The van der Waals surface area contributed by atoms with E-state index in [0.29, 0.717) is 15.7 Å². The van der Waals surface area contributed by atoms with E-state index >= 15 is 0 Å². The zero-order valence-electron chi connectivity index (χ0n) is 18.5. The predicted octanol–water partition coefficient (Wildman–Crippen LogP) is 3.78. The first-order chi connectivity index (χ1) is 16.7. The number of nitrogens with one attached hydrogen (secondary N) is 2. The average molecular weight is 559 g/mol. The van der Waals surface area contributed by atoms with Crippen LogP contribution >= 0.6 is 27.7 Å². The van der Waals surface area contributed by atoms with Crippen LogP contribution in [0.3, 0.4) is 0 Å². The molecule has 2 amide bonds. The van der Waals surface area contributed by atoms with Gasteiger partial charge in [0, 0.05) is 22.5 Å². The van der Waals surface area contributed by atoms with Crippen LogP contribution in [0.15, 0.2) is 57.5 Å². The van der Waals surface area contributed by atoms with E-state index in [1.807, 2.05) is 19.1 Å². The maximum absolute atomic E-state index is 12.9. The van der Waals surface area contributed by atoms with E-state index in [1.54, 1.807) is 12.1 Å². The molecular formula is C23H19BrN4O6S. The third-order valence-corrected chi connectivity index (χ3v) is 6.88. The topological polar surface area (TPSA) is 151 Å². The van der Waals surface area contributed by atoms with Crippen molar-refractivity contribution in [1.82, 2.24) is 5.32 Å². The number of hydrogen-bond acceptors (Lipinski definition) is 8. The molecule has 0 unspecified atom stereocenters. The molecule has 1 heterocycles. The molecule has 0 bridgehead atoms. The highest BCUT2D eigenvalue weighted by Crippen LogP contribution is 2.40. The molecule has 3 rings (SSSR count). The van der Waals surface area contributed by atoms with Crippen molar-refractivity contribution in [2.75, 3.05) is 18.2 Å². The summed E-state index contributed by atoms with van der Waals surface area (Å²) in [5.74, 6) is -4.19. The van der Waals surface area contributed by atoms with Crippen molar-refractivity contribution in [3.05, 3.63) is 78.8 Å². The maximum atomic E-state index is 12.9. The minimum atomic E-state index is -1.26. The van der Waals surface area contributed by atoms with Crippen LogP contribution in [-0.2, 0) is 19.1 Å². The number of anilines is 1. The Morgan fingerprint density at radius 1 is 1.29 bits per heavy atom. The number of halogens is 1. The number of methoxy groups -OCH3 is 1. The highest BCUT2D eigenvalue weighted by atomic mass is 79.9. The van der Waals surface area contributed by atoms with Crippen molar-refractivity contribution in [3.63, 3.8) is 0 Å². The first-order valence-electron chi connectivity index (χ1n) is 10.1. The van der Waals surface area contributed by atoms with Crippen LogP contribution in [0.4, 0.5) is 11.4 Å². The van der Waals surface area contributed by atoms with E-state index in [0.717, 1.165) is 17.3 Å². The number of benzene rings is 2. The maximum Gasteiger partial charge on any atom is 0.319 e. The molecule has 1 aliphatic heterocycles. The Balaban J connectivity index is 1.86. The number of nitrogens with zero attached hydrogens (tertiary/aromatic N) is 2. The van der Waals surface area contributed by atoms with Gasteiger partial charge in [-0.15, -0.1) is 0 Å². The molecule has 0 spiro atoms. The summed E-state index contributed by atoms with van der Waals surface area (Å²) < 4.78 is 5.14. The molecule has 1 aliphatic rings. The summed E-state index contributed by atoms with van der Waals surface area (Å²) in [6, 6.07) is 13.1. The molecule has 12 heteroatoms. The van der Waals surface area contributed by atoms with Crippen molar-refractivity contribution in [1.29, 1.82) is 5.26 Å². The highest BCUT2D eigenvalue weighted by molar-refractivity contribution is 9.10. The van der Waals surface area contributed by atoms with Gasteiger partial charge in [-0.05, 0) is 34.5 Å². The molecule has 0 radical (unpaired) electrons. The van der Waals surface area contributed by atoms with Gasteiger partial charge in [-0.1, -0.05) is 41.6 Å². The van der Waals surface area contributed by atoms with Gasteiger partial charge in [-0.2, -0.15) is 5.26 Å². The van der Waals surface area contributed by atoms with Crippen LogP contribution < -0.4 is 10.6 Å². The average Bonchev–Trinajstić information content (AvgIpc) is 2.83. The standard InChI is InChI=1S/C23H19BrN4O6S/c1-12-3-5-13(6-4-12)19-15(10-25)22(27-21(30)20(19)23(31)34-2)35-11-18(29)26-17-8-7-14(28(32)33)9-16(17)24/h3-9,19-20H,11H2,1-2H3,(H,26,29)(H,27,30)/t19-,20+/m0/s1. The number of nitro groups is 1. The van der Waals surface area contributed by atoms with Crippen LogP contribution in [0.2, 0.25) is 0 Å². The number of ether oxygens (including phenoxy) is 1. The molecule has 0 aromatic heterocycles. The van der Waals surface area contributed by atoms with Gasteiger partial charge in [-0.3, -0.25) is 24.5 Å². The quantitative estimate of drug-likeness (QED) is 0.225. The lowest BCUT2D eigenvalue weighted by Crippen LogP contribution is -2.44. The van der Waals surface area contributed by atoms with Crippen LogP contribution in [-0.4, -0.2) is 35.6 Å². The van der Waals surface area contributed by atoms with Crippen LogP contribution in [0.5, 0.6) is 0 Å². The van der Waals surface area contributed by atoms with E-state index in [1.165, 1.54) is 25.3 Å². The fourth-order valence-electron chi connectivity index (χ4n) is 3.50. The van der Waals surface area contributed by atoms with E-state index in [-0.39, 0.29) is 22.0 Å². The summed E-state index contributed by atoms with van der Waals surface area (Å²) in [5.41, 5.74) is 1.88. The van der Waals surface area contributed by atoms with Crippen molar-refractivity contribution in [3.8, 4) is 6.07 Å². The van der Waals surface area contributed by atoms with Crippen LogP contribution in [0, 0.1) is 34.3 Å². The van der Waals surface area contributed by atoms with Gasteiger partial charge < -0.3 is 15.4 Å². The molecular weight excluding hydrogens is 540 g/mol. The zero-order valence-corrected chi connectivity index (χ0v) is 20.9. The van der Waals surface area contributed by atoms with Crippen LogP contribution in [0.25, 0.3) is 0 Å². The van der Waals surface area contributed by atoms with E-state index in [4.69, 9.17) is 4.74 Å². The molecule has 0 aliphatic carbocycles. The summed E-state index contributed by atoms with van der Waals surface area (Å²) in [5, 5.41) is 26.2. The zero-order chi connectivity index (χ0) is 25.7. The Labute approximate surface area is 213 Å². The van der Waals surface area contributed by atoms with E-state index < -0.39 is 34.5 Å². The minimum Gasteiger partial charge on any atom is -0.468 e. The van der Waals surface area contributed by atoms with Gasteiger partial charge in [0.25, 0.3) is 5.69 Å². The summed E-state index contributed by atoms with van der Waals surface area (Å²) in [6.45, 7) is 1.89. The second kappa shape index (κ2) is 11.2. The number of esters is 1. The highest BCUT2D eigenvalue weighted by Gasteiger charge is 2.44. The first kappa shape index (κ1) is 25.9. The second-order valence-corrected chi connectivity index (χ2v) is 9.33. The van der Waals surface area contributed by atoms with Gasteiger partial charge in [-0.25, -0.2) is 0 Å². The first-order valence-corrected chi connectivity index (χ1v) is 11.9. The number of hydrogen-bond donors (Lipinski definition) is 2. The molecule has 35 heavy (non-hydrogen) atoms. The minimum absolute atomic E-state index is 0.137. The predicted molar refractivity (Wildman–Crippen MR) is 132 cm³/mol. The molecule has 2 aromatic carbocycles. The third-order valence-electron chi connectivity index (χ3n) is 5.21. The smallest absolute Gasteiger partial charge is 0.319 e. The summed E-state index contributed by atoms with van der Waals surface area (Å²) in [7, 11) is 1.17. The Bertz CT molecular complexity index is 1270. The normalized spacial score (nSPS) is 17.3. The van der Waals surface area contributed by atoms with Crippen molar-refractivity contribution in [2.45, 2.75) is 12.8 Å². The number of amides is 2. The number of nitriles is 1. The SMILES string of the molecule is COC(=O)[C@H]1C(=O)NC(SCC(=O)Nc2ccc([N+](=O)[O-])cc2Br)=C(C#N)[C@@H]1c1ccc(C)cc1. The number of carbonyl (C=O) groups excluding carboxylic acids is 3. The number of carbonyl (C=O) groups is 3. The Morgan fingerprint density at radius 3 is 2.54 bits per heavy atom. The molecule has 2 aromatic rings. The Hall–Kier alpha value is -3.69. The van der Waals surface area contributed by atoms with Gasteiger partial charge in [0.15, 0.2) is 0 Å². The Kier molecular flexibility index (Phi) is 8.26. The molecule has 0 fully saturated rings. The van der Waals surface area contributed by atoms with Crippen molar-refractivity contribution >= 4 is 56.9 Å². The van der Waals surface area contributed by atoms with E-state index in [2.05, 4.69) is 32.6 Å². The van der Waals surface area contributed by atoms with Crippen molar-refractivity contribution < 1.29 is 24.0 Å². The molecule has 0 saturated heterocycles. The largest absolute Gasteiger partial charge is 0.468 e. The number of rotatable bonds is 7. The number of non-ortho nitro benzene ring substituents is 1. The summed E-state index contributed by atoms with van der Waals surface area (Å²) in [4.78, 5) is 48.1. The van der Waals surface area contributed by atoms with Crippen molar-refractivity contribution in [2.24, 2.45) is 5.92 Å². The van der Waals surface area contributed by atoms with E-state index in [9.17, 15) is 29.8 Å². The number of aryl methyl sites for hydroxylation is 1. The third kappa shape index (κ3) is 5.87.